The Labute approximate surface area is 181 Å². The lowest BCUT2D eigenvalue weighted by Gasteiger charge is -2.35. The van der Waals surface area contributed by atoms with Crippen LogP contribution < -0.4 is 4.74 Å². The summed E-state index contributed by atoms with van der Waals surface area (Å²) in [6.07, 6.45) is 4.51. The highest BCUT2D eigenvalue weighted by Crippen LogP contribution is 2.32. The van der Waals surface area contributed by atoms with Gasteiger partial charge in [-0.1, -0.05) is 6.07 Å². The number of nitrogens with zero attached hydrogens (tertiary/aromatic N) is 4. The number of carbonyl (C=O) groups excluding carboxylic acids is 2. The van der Waals surface area contributed by atoms with E-state index in [1.165, 1.54) is 4.90 Å². The van der Waals surface area contributed by atoms with Gasteiger partial charge in [0, 0.05) is 38.1 Å². The summed E-state index contributed by atoms with van der Waals surface area (Å²) in [5.74, 6) is -0.991. The second-order valence-electron chi connectivity index (χ2n) is 9.13. The van der Waals surface area contributed by atoms with Crippen LogP contribution in [0.2, 0.25) is 0 Å². The van der Waals surface area contributed by atoms with Gasteiger partial charge in [0.05, 0.1) is 11.1 Å². The first-order valence-corrected chi connectivity index (χ1v) is 10.5. The smallest absolute Gasteiger partial charge is 0.264 e. The number of aryl methyl sites for hydroxylation is 1. The standard InChI is InChI=1S/C23H27FN4O3/c1-14-5-6-16-18(19(14)24)22(30)28(21(16)29)15-7-11-27(12-8-15)13-17-20(26-10-9-25-17)31-23(2,3)4/h5-6,9-10,15H,7-8,11-13H2,1-4H3. The maximum Gasteiger partial charge on any atom is 0.264 e. The van der Waals surface area contributed by atoms with Gasteiger partial charge in [0.2, 0.25) is 5.88 Å². The highest BCUT2D eigenvalue weighted by Gasteiger charge is 2.43. The van der Waals surface area contributed by atoms with E-state index < -0.39 is 17.6 Å². The van der Waals surface area contributed by atoms with Crippen LogP contribution in [0.4, 0.5) is 4.39 Å². The lowest BCUT2D eigenvalue weighted by atomic mass is 10.0. The van der Waals surface area contributed by atoms with E-state index in [9.17, 15) is 14.0 Å². The van der Waals surface area contributed by atoms with Crippen molar-refractivity contribution in [1.29, 1.82) is 0 Å². The SMILES string of the molecule is Cc1ccc2c(c1F)C(=O)N(C1CCN(Cc3nccnc3OC(C)(C)C)CC1)C2=O. The predicted octanol–water partition coefficient (Wildman–Crippen LogP) is 3.36. The molecule has 0 saturated carbocycles. The number of fused-ring (bicyclic) bond motifs is 1. The average Bonchev–Trinajstić information content (AvgIpc) is 2.96. The number of rotatable bonds is 4. The Morgan fingerprint density at radius 3 is 2.45 bits per heavy atom. The molecule has 31 heavy (non-hydrogen) atoms. The fourth-order valence-corrected chi connectivity index (χ4v) is 4.13. The number of benzene rings is 1. The summed E-state index contributed by atoms with van der Waals surface area (Å²) in [7, 11) is 0. The molecule has 7 nitrogen and oxygen atoms in total. The lowest BCUT2D eigenvalue weighted by Crippen LogP contribution is -2.47. The molecule has 2 aliphatic rings. The van der Waals surface area contributed by atoms with Gasteiger partial charge in [0.1, 0.15) is 17.1 Å². The van der Waals surface area contributed by atoms with Crippen LogP contribution in [-0.2, 0) is 6.54 Å². The summed E-state index contributed by atoms with van der Waals surface area (Å²) in [6, 6.07) is 2.85. The highest BCUT2D eigenvalue weighted by atomic mass is 19.1. The average molecular weight is 426 g/mol. The Morgan fingerprint density at radius 1 is 1.10 bits per heavy atom. The molecule has 1 fully saturated rings. The summed E-state index contributed by atoms with van der Waals surface area (Å²) < 4.78 is 20.4. The van der Waals surface area contributed by atoms with E-state index in [0.717, 1.165) is 5.69 Å². The first-order chi connectivity index (χ1) is 14.7. The molecule has 2 amide bonds. The zero-order valence-corrected chi connectivity index (χ0v) is 18.3. The molecule has 2 aliphatic heterocycles. The largest absolute Gasteiger partial charge is 0.471 e. The molecule has 8 heteroatoms. The minimum absolute atomic E-state index is 0.0871. The summed E-state index contributed by atoms with van der Waals surface area (Å²) in [4.78, 5) is 37.9. The van der Waals surface area contributed by atoms with E-state index in [2.05, 4.69) is 14.9 Å². The number of likely N-dealkylation sites (tertiary alicyclic amines) is 1. The molecule has 3 heterocycles. The Bertz CT molecular complexity index is 1030. The number of carbonyl (C=O) groups is 2. The topological polar surface area (TPSA) is 75.6 Å². The third-order valence-electron chi connectivity index (χ3n) is 5.65. The number of amides is 2. The van der Waals surface area contributed by atoms with Crippen molar-refractivity contribution in [2.45, 2.75) is 58.7 Å². The number of imide groups is 1. The van der Waals surface area contributed by atoms with Gasteiger partial charge in [0.25, 0.3) is 11.8 Å². The van der Waals surface area contributed by atoms with Gasteiger partial charge in [-0.25, -0.2) is 9.37 Å². The van der Waals surface area contributed by atoms with Gasteiger partial charge in [-0.2, -0.15) is 0 Å². The molecular weight excluding hydrogens is 399 g/mol. The fraction of sp³-hybridized carbons (Fsp3) is 0.478. The minimum atomic E-state index is -0.593. The molecule has 2 aromatic rings. The number of hydrogen-bond acceptors (Lipinski definition) is 6. The summed E-state index contributed by atoms with van der Waals surface area (Å²) in [5, 5.41) is 0. The van der Waals surface area contributed by atoms with E-state index in [4.69, 9.17) is 4.74 Å². The summed E-state index contributed by atoms with van der Waals surface area (Å²) in [5.41, 5.74) is 0.828. The van der Waals surface area contributed by atoms with Crippen LogP contribution in [-0.4, -0.2) is 56.3 Å². The molecule has 0 bridgehead atoms. The Hall–Kier alpha value is -2.87. The van der Waals surface area contributed by atoms with Crippen LogP contribution in [0.3, 0.4) is 0 Å². The number of piperidine rings is 1. The van der Waals surface area contributed by atoms with Gasteiger partial charge in [0.15, 0.2) is 0 Å². The van der Waals surface area contributed by atoms with Gasteiger partial charge in [-0.05, 0) is 52.2 Å². The quantitative estimate of drug-likeness (QED) is 0.698. The lowest BCUT2D eigenvalue weighted by molar-refractivity contribution is 0.0494. The molecule has 164 valence electrons. The van der Waals surface area contributed by atoms with E-state index >= 15 is 0 Å². The van der Waals surface area contributed by atoms with Crippen molar-refractivity contribution in [2.24, 2.45) is 0 Å². The zero-order valence-electron chi connectivity index (χ0n) is 18.3. The van der Waals surface area contributed by atoms with Crippen molar-refractivity contribution in [1.82, 2.24) is 19.8 Å². The monoisotopic (exact) mass is 426 g/mol. The molecule has 0 N–H and O–H groups in total. The van der Waals surface area contributed by atoms with Crippen LogP contribution in [0.1, 0.15) is 65.6 Å². The van der Waals surface area contributed by atoms with E-state index in [1.54, 1.807) is 31.5 Å². The van der Waals surface area contributed by atoms with Crippen molar-refractivity contribution in [3.63, 3.8) is 0 Å². The second kappa shape index (κ2) is 8.00. The summed E-state index contributed by atoms with van der Waals surface area (Å²) >= 11 is 0. The van der Waals surface area contributed by atoms with Crippen LogP contribution in [0, 0.1) is 12.7 Å². The second-order valence-corrected chi connectivity index (χ2v) is 9.13. The van der Waals surface area contributed by atoms with E-state index in [0.29, 0.717) is 43.9 Å². The van der Waals surface area contributed by atoms with Crippen LogP contribution >= 0.6 is 0 Å². The van der Waals surface area contributed by atoms with Gasteiger partial charge >= 0.3 is 0 Å². The molecule has 0 unspecified atom stereocenters. The van der Waals surface area contributed by atoms with Gasteiger partial charge in [-0.3, -0.25) is 24.4 Å². The predicted molar refractivity (Wildman–Crippen MR) is 112 cm³/mol. The Kier molecular flexibility index (Phi) is 5.51. The van der Waals surface area contributed by atoms with Crippen LogP contribution in [0.15, 0.2) is 24.5 Å². The van der Waals surface area contributed by atoms with Crippen LogP contribution in [0.5, 0.6) is 5.88 Å². The van der Waals surface area contributed by atoms with Crippen LogP contribution in [0.25, 0.3) is 0 Å². The molecule has 1 aromatic carbocycles. The van der Waals surface area contributed by atoms with E-state index in [-0.39, 0.29) is 22.8 Å². The number of hydrogen-bond donors (Lipinski definition) is 0. The Balaban J connectivity index is 1.43. The third kappa shape index (κ3) is 4.17. The molecule has 0 spiro atoms. The maximum absolute atomic E-state index is 14.5. The molecule has 0 aliphatic carbocycles. The molecule has 1 aromatic heterocycles. The molecular formula is C23H27FN4O3. The van der Waals surface area contributed by atoms with Crippen molar-refractivity contribution in [3.8, 4) is 5.88 Å². The van der Waals surface area contributed by atoms with Crippen molar-refractivity contribution in [2.75, 3.05) is 13.1 Å². The normalized spacial score (nSPS) is 17.9. The summed E-state index contributed by atoms with van der Waals surface area (Å²) in [6.45, 7) is 9.42. The number of ether oxygens (including phenoxy) is 1. The zero-order chi connectivity index (χ0) is 22.3. The van der Waals surface area contributed by atoms with Gasteiger partial charge < -0.3 is 4.74 Å². The number of halogens is 1. The molecule has 4 rings (SSSR count). The Morgan fingerprint density at radius 2 is 1.77 bits per heavy atom. The number of aromatic nitrogens is 2. The van der Waals surface area contributed by atoms with Crippen molar-refractivity contribution in [3.05, 3.63) is 52.7 Å². The van der Waals surface area contributed by atoms with Gasteiger partial charge in [-0.15, -0.1) is 0 Å². The van der Waals surface area contributed by atoms with Crippen molar-refractivity contribution >= 4 is 11.8 Å². The first kappa shape index (κ1) is 21.4. The minimum Gasteiger partial charge on any atom is -0.471 e. The van der Waals surface area contributed by atoms with Crippen molar-refractivity contribution < 1.29 is 18.7 Å². The van der Waals surface area contributed by atoms with E-state index in [1.807, 2.05) is 20.8 Å². The molecule has 0 radical (unpaired) electrons. The third-order valence-corrected chi connectivity index (χ3v) is 5.65. The highest BCUT2D eigenvalue weighted by molar-refractivity contribution is 6.21. The maximum atomic E-state index is 14.5. The first-order valence-electron chi connectivity index (χ1n) is 10.5. The molecule has 1 saturated heterocycles. The molecule has 0 atom stereocenters. The fourth-order valence-electron chi connectivity index (χ4n) is 4.13.